The van der Waals surface area contributed by atoms with Gasteiger partial charge in [0.25, 0.3) is 5.91 Å². The first-order valence-corrected chi connectivity index (χ1v) is 15.8. The number of rotatable bonds is 14. The van der Waals surface area contributed by atoms with Gasteiger partial charge in [-0.1, -0.05) is 35.3 Å². The fourth-order valence-corrected chi connectivity index (χ4v) is 5.77. The Kier molecular flexibility index (Phi) is 11.1. The molecule has 1 fully saturated rings. The van der Waals surface area contributed by atoms with Gasteiger partial charge in [-0.3, -0.25) is 9.59 Å². The summed E-state index contributed by atoms with van der Waals surface area (Å²) in [5, 5.41) is 11.7. The lowest BCUT2D eigenvalue weighted by molar-refractivity contribution is -0.605. The van der Waals surface area contributed by atoms with E-state index in [0.29, 0.717) is 4.73 Å². The van der Waals surface area contributed by atoms with E-state index in [4.69, 9.17) is 32.7 Å². The van der Waals surface area contributed by atoms with Crippen molar-refractivity contribution in [2.75, 3.05) is 27.2 Å². The maximum atomic E-state index is 13.1. The third kappa shape index (κ3) is 9.39. The van der Waals surface area contributed by atoms with Crippen molar-refractivity contribution in [2.24, 2.45) is 5.92 Å². The molecule has 1 heterocycles. The molecule has 1 saturated carbocycles. The number of hydrogen-bond acceptors (Lipinski definition) is 8. The lowest BCUT2D eigenvalue weighted by Crippen LogP contribution is -2.32. The summed E-state index contributed by atoms with van der Waals surface area (Å²) in [6.07, 6.45) is 2.60. The number of amides is 1. The zero-order valence-corrected chi connectivity index (χ0v) is 26.4. The number of carbonyl (C=O) groups is 2. The number of nitrogens with zero attached hydrogens (tertiary/aromatic N) is 2. The summed E-state index contributed by atoms with van der Waals surface area (Å²) in [6, 6.07) is 9.25. The highest BCUT2D eigenvalue weighted by molar-refractivity contribution is 7.89. The van der Waals surface area contributed by atoms with Crippen molar-refractivity contribution >= 4 is 45.1 Å². The second kappa shape index (κ2) is 14.6. The first-order valence-electron chi connectivity index (χ1n) is 13.5. The molecule has 1 N–H and O–H groups in total. The average Bonchev–Trinajstić information content (AvgIpc) is 3.81. The molecule has 0 radical (unpaired) electrons. The van der Waals surface area contributed by atoms with E-state index in [1.54, 1.807) is 0 Å². The highest BCUT2D eigenvalue weighted by Gasteiger charge is 2.27. The molecule has 0 spiro atoms. The summed E-state index contributed by atoms with van der Waals surface area (Å²) in [5.74, 6) is -1.40. The number of halogens is 4. The van der Waals surface area contributed by atoms with E-state index in [1.807, 2.05) is 0 Å². The predicted octanol–water partition coefficient (Wildman–Crippen LogP) is 4.52. The number of ether oxygens (including phenoxy) is 3. The maximum absolute atomic E-state index is 13.1. The van der Waals surface area contributed by atoms with Crippen molar-refractivity contribution in [1.82, 2.24) is 9.62 Å². The largest absolute Gasteiger partial charge is 0.619 e. The van der Waals surface area contributed by atoms with Crippen LogP contribution < -0.4 is 18.9 Å². The molecule has 1 aliphatic rings. The molecule has 0 aliphatic heterocycles. The molecule has 242 valence electrons. The molecule has 3 aromatic rings. The van der Waals surface area contributed by atoms with Crippen molar-refractivity contribution in [3.63, 3.8) is 0 Å². The van der Waals surface area contributed by atoms with Gasteiger partial charge in [0.1, 0.15) is 22.7 Å². The Morgan fingerprint density at radius 1 is 1.09 bits per heavy atom. The van der Waals surface area contributed by atoms with Crippen LogP contribution in [0.25, 0.3) is 0 Å². The van der Waals surface area contributed by atoms with E-state index in [2.05, 4.69) is 9.46 Å². The Morgan fingerprint density at radius 3 is 2.40 bits per heavy atom. The Bertz CT molecular complexity index is 1650. The first kappa shape index (κ1) is 34.2. The Balaban J connectivity index is 1.59. The molecule has 45 heavy (non-hydrogen) atoms. The van der Waals surface area contributed by atoms with Gasteiger partial charge in [0, 0.05) is 31.6 Å². The van der Waals surface area contributed by atoms with E-state index in [0.717, 1.165) is 25.2 Å². The molecule has 1 atom stereocenters. The maximum Gasteiger partial charge on any atom is 0.387 e. The third-order valence-electron chi connectivity index (χ3n) is 6.65. The third-order valence-corrected chi connectivity index (χ3v) is 8.70. The van der Waals surface area contributed by atoms with E-state index >= 15 is 0 Å². The van der Waals surface area contributed by atoms with Crippen LogP contribution in [0.1, 0.15) is 40.4 Å². The summed E-state index contributed by atoms with van der Waals surface area (Å²) < 4.78 is 70.6. The number of aromatic nitrogens is 1. The smallest absolute Gasteiger partial charge is 0.387 e. The molecule has 2 aromatic carbocycles. The van der Waals surface area contributed by atoms with Crippen LogP contribution >= 0.6 is 23.2 Å². The second-order valence-corrected chi connectivity index (χ2v) is 12.9. The Labute approximate surface area is 268 Å². The van der Waals surface area contributed by atoms with Gasteiger partial charge in [-0.15, -0.1) is 0 Å². The standard InChI is InChI=1S/C29H29Cl2F2N3O8S/c1-35(2)28(38)19-4-3-5-20(10-19)45(40,41)34-13-27(37)43-25(12-21-22(30)14-36(39)15-23(21)31)18-8-9-24(44-29(32)33)26(11-18)42-16-17-6-7-17/h3-5,8-11,14-15,17,25,29,34H,6-7,12-13,16H2,1-2H3. The number of sulfonamides is 1. The zero-order valence-electron chi connectivity index (χ0n) is 24.0. The summed E-state index contributed by atoms with van der Waals surface area (Å²) in [6.45, 7) is -3.67. The Morgan fingerprint density at radius 2 is 1.78 bits per heavy atom. The molecule has 16 heteroatoms. The Hall–Kier alpha value is -3.72. The summed E-state index contributed by atoms with van der Waals surface area (Å²) >= 11 is 12.5. The number of benzene rings is 2. The van der Waals surface area contributed by atoms with Gasteiger partial charge in [0.2, 0.25) is 10.0 Å². The molecule has 1 aromatic heterocycles. The van der Waals surface area contributed by atoms with Gasteiger partial charge in [0.15, 0.2) is 23.9 Å². The monoisotopic (exact) mass is 687 g/mol. The van der Waals surface area contributed by atoms with Gasteiger partial charge in [-0.05, 0) is 54.7 Å². The second-order valence-electron chi connectivity index (χ2n) is 10.4. The van der Waals surface area contributed by atoms with E-state index in [1.165, 1.54) is 61.5 Å². The number of alkyl halides is 2. The minimum Gasteiger partial charge on any atom is -0.619 e. The van der Waals surface area contributed by atoms with Crippen LogP contribution in [0.5, 0.6) is 11.5 Å². The van der Waals surface area contributed by atoms with Crippen molar-refractivity contribution in [1.29, 1.82) is 0 Å². The zero-order chi connectivity index (χ0) is 32.9. The number of hydrogen-bond donors (Lipinski definition) is 1. The van der Waals surface area contributed by atoms with Gasteiger partial charge in [0.05, 0.1) is 11.5 Å². The molecule has 0 saturated heterocycles. The summed E-state index contributed by atoms with van der Waals surface area (Å²) in [7, 11) is -1.22. The van der Waals surface area contributed by atoms with Crippen LogP contribution in [0, 0.1) is 11.1 Å². The van der Waals surface area contributed by atoms with Crippen LogP contribution in [-0.4, -0.2) is 59.1 Å². The summed E-state index contributed by atoms with van der Waals surface area (Å²) in [5.41, 5.74) is 0.625. The molecule has 1 unspecified atom stereocenters. The molecule has 1 aliphatic carbocycles. The lowest BCUT2D eigenvalue weighted by atomic mass is 10.0. The highest BCUT2D eigenvalue weighted by Crippen LogP contribution is 2.37. The number of carbonyl (C=O) groups excluding carboxylic acids is 2. The molecule has 1 amide bonds. The molecule has 4 rings (SSSR count). The van der Waals surface area contributed by atoms with Gasteiger partial charge >= 0.3 is 12.6 Å². The number of nitrogens with one attached hydrogen (secondary N) is 1. The highest BCUT2D eigenvalue weighted by atomic mass is 35.5. The van der Waals surface area contributed by atoms with Crippen LogP contribution in [0.2, 0.25) is 10.0 Å². The fraction of sp³-hybridized carbons (Fsp3) is 0.345. The fourth-order valence-electron chi connectivity index (χ4n) is 4.15. The van der Waals surface area contributed by atoms with Crippen molar-refractivity contribution < 1.29 is 45.7 Å². The quantitative estimate of drug-likeness (QED) is 0.148. The minimum atomic E-state index is -4.26. The van der Waals surface area contributed by atoms with Gasteiger partial charge in [-0.2, -0.15) is 18.2 Å². The minimum absolute atomic E-state index is 0.0174. The van der Waals surface area contributed by atoms with Crippen LogP contribution in [0.4, 0.5) is 8.78 Å². The van der Waals surface area contributed by atoms with E-state index in [-0.39, 0.29) is 62.1 Å². The van der Waals surface area contributed by atoms with Gasteiger partial charge in [-0.25, -0.2) is 8.42 Å². The average molecular weight is 689 g/mol. The topological polar surface area (TPSA) is 138 Å². The van der Waals surface area contributed by atoms with Crippen LogP contribution in [0.3, 0.4) is 0 Å². The van der Waals surface area contributed by atoms with Crippen molar-refractivity contribution in [3.8, 4) is 11.5 Å². The SMILES string of the molecule is CN(C)C(=O)c1cccc(S(=O)(=O)NCC(=O)OC(Cc2c(Cl)c[n+]([O-])cc2Cl)c2ccc(OC(F)F)c(OCC3CC3)c2)c1. The summed E-state index contributed by atoms with van der Waals surface area (Å²) in [4.78, 5) is 26.3. The first-order chi connectivity index (χ1) is 21.2. The van der Waals surface area contributed by atoms with Crippen molar-refractivity contribution in [2.45, 2.75) is 36.9 Å². The number of pyridine rings is 1. The van der Waals surface area contributed by atoms with Crippen molar-refractivity contribution in [3.05, 3.63) is 86.8 Å². The van der Waals surface area contributed by atoms with Gasteiger partial charge < -0.3 is 24.3 Å². The van der Waals surface area contributed by atoms with E-state index < -0.39 is 41.2 Å². The predicted molar refractivity (Wildman–Crippen MR) is 159 cm³/mol. The van der Waals surface area contributed by atoms with E-state index in [9.17, 15) is 32.0 Å². The normalized spacial score (nSPS) is 13.8. The molecule has 11 nitrogen and oxygen atoms in total. The molecule has 0 bridgehead atoms. The van der Waals surface area contributed by atoms with Crippen LogP contribution in [-0.2, 0) is 26.0 Å². The van der Waals surface area contributed by atoms with Crippen LogP contribution in [0.15, 0.2) is 59.8 Å². The number of esters is 1. The lowest BCUT2D eigenvalue weighted by Gasteiger charge is -2.21. The molecular formula is C29H29Cl2F2N3O8S. The molecular weight excluding hydrogens is 659 g/mol.